The van der Waals surface area contributed by atoms with E-state index < -0.39 is 16.0 Å². The molecule has 0 spiro atoms. The van der Waals surface area contributed by atoms with E-state index in [0.29, 0.717) is 44.6 Å². The van der Waals surface area contributed by atoms with Gasteiger partial charge >= 0.3 is 5.97 Å². The Morgan fingerprint density at radius 2 is 1.96 bits per heavy atom. The molecule has 2 N–H and O–H groups in total. The quantitative estimate of drug-likeness (QED) is 0.678. The number of sulfonamides is 1. The lowest BCUT2D eigenvalue weighted by Crippen LogP contribution is -2.43. The third kappa shape index (κ3) is 5.43. The molecule has 150 valence electrons. The molecule has 1 aromatic rings. The second-order valence-electron chi connectivity index (χ2n) is 6.45. The highest BCUT2D eigenvalue weighted by Crippen LogP contribution is 2.22. The molecule has 1 fully saturated rings. The molecule has 1 aromatic carbocycles. The number of nitrogens with one attached hydrogen (secondary N) is 1. The van der Waals surface area contributed by atoms with Crippen molar-refractivity contribution in [1.82, 2.24) is 9.62 Å². The van der Waals surface area contributed by atoms with Gasteiger partial charge in [0.1, 0.15) is 5.75 Å². The summed E-state index contributed by atoms with van der Waals surface area (Å²) in [6.07, 6.45) is 1.54. The van der Waals surface area contributed by atoms with Crippen molar-refractivity contribution in [3.8, 4) is 5.75 Å². The molecule has 0 bridgehead atoms. The topological polar surface area (TPSA) is 113 Å². The van der Waals surface area contributed by atoms with E-state index in [1.54, 1.807) is 13.0 Å². The van der Waals surface area contributed by atoms with Crippen LogP contribution < -0.4 is 10.1 Å². The maximum absolute atomic E-state index is 12.3. The Morgan fingerprint density at radius 1 is 1.30 bits per heavy atom. The molecule has 9 heteroatoms. The molecule has 0 aromatic heterocycles. The van der Waals surface area contributed by atoms with Gasteiger partial charge in [0.2, 0.25) is 15.9 Å². The normalized spacial score (nSPS) is 16.1. The van der Waals surface area contributed by atoms with E-state index in [1.165, 1.54) is 23.5 Å². The van der Waals surface area contributed by atoms with Crippen LogP contribution in [-0.2, 0) is 21.2 Å². The molecule has 1 heterocycles. The van der Waals surface area contributed by atoms with Crippen molar-refractivity contribution in [3.63, 3.8) is 0 Å². The fraction of sp³-hybridized carbons (Fsp3) is 0.556. The molecule has 1 aliphatic rings. The summed E-state index contributed by atoms with van der Waals surface area (Å²) in [5.41, 5.74) is 0.958. The summed E-state index contributed by atoms with van der Waals surface area (Å²) in [6, 6.07) is 4.65. The van der Waals surface area contributed by atoms with Gasteiger partial charge in [-0.3, -0.25) is 4.79 Å². The number of amides is 1. The summed E-state index contributed by atoms with van der Waals surface area (Å²) >= 11 is 0. The van der Waals surface area contributed by atoms with E-state index in [-0.39, 0.29) is 23.1 Å². The van der Waals surface area contributed by atoms with Crippen LogP contribution in [0.2, 0.25) is 0 Å². The van der Waals surface area contributed by atoms with Crippen molar-refractivity contribution in [2.24, 2.45) is 5.92 Å². The van der Waals surface area contributed by atoms with Gasteiger partial charge in [-0.2, -0.15) is 0 Å². The monoisotopic (exact) mass is 398 g/mol. The first-order chi connectivity index (χ1) is 12.8. The van der Waals surface area contributed by atoms with Gasteiger partial charge in [0, 0.05) is 25.6 Å². The van der Waals surface area contributed by atoms with Gasteiger partial charge in [-0.15, -0.1) is 0 Å². The van der Waals surface area contributed by atoms with Crippen LogP contribution in [0, 0.1) is 5.92 Å². The van der Waals surface area contributed by atoms with Crippen LogP contribution in [0.15, 0.2) is 18.2 Å². The van der Waals surface area contributed by atoms with Crippen LogP contribution in [0.1, 0.15) is 35.7 Å². The minimum atomic E-state index is -3.19. The molecule has 1 aliphatic heterocycles. The predicted molar refractivity (Wildman–Crippen MR) is 100 cm³/mol. The first-order valence-corrected chi connectivity index (χ1v) is 10.5. The Balaban J connectivity index is 1.84. The van der Waals surface area contributed by atoms with Crippen molar-refractivity contribution >= 4 is 21.9 Å². The lowest BCUT2D eigenvalue weighted by molar-refractivity contribution is -0.126. The zero-order chi connectivity index (χ0) is 20.0. The van der Waals surface area contributed by atoms with Crippen molar-refractivity contribution in [2.75, 3.05) is 32.5 Å². The van der Waals surface area contributed by atoms with E-state index in [2.05, 4.69) is 5.32 Å². The fourth-order valence-electron chi connectivity index (χ4n) is 3.13. The highest BCUT2D eigenvalue weighted by molar-refractivity contribution is 7.89. The molecule has 1 amide bonds. The number of aromatic carboxylic acids is 1. The van der Waals surface area contributed by atoms with Gasteiger partial charge in [0.25, 0.3) is 0 Å². The highest BCUT2D eigenvalue weighted by Gasteiger charge is 2.29. The minimum absolute atomic E-state index is 0.0758. The van der Waals surface area contributed by atoms with Crippen molar-refractivity contribution in [2.45, 2.75) is 26.2 Å². The number of carboxylic acids is 1. The molecule has 0 atom stereocenters. The zero-order valence-corrected chi connectivity index (χ0v) is 16.4. The van der Waals surface area contributed by atoms with E-state index in [9.17, 15) is 18.0 Å². The number of ether oxygens (including phenoxy) is 1. The van der Waals surface area contributed by atoms with E-state index in [0.717, 1.165) is 5.56 Å². The molecule has 0 radical (unpaired) electrons. The molecule has 2 rings (SSSR count). The maximum atomic E-state index is 12.3. The maximum Gasteiger partial charge on any atom is 0.335 e. The summed E-state index contributed by atoms with van der Waals surface area (Å²) in [5, 5.41) is 11.9. The number of nitrogens with zero attached hydrogens (tertiary/aromatic N) is 1. The summed E-state index contributed by atoms with van der Waals surface area (Å²) < 4.78 is 30.4. The third-order valence-electron chi connectivity index (χ3n) is 4.81. The summed E-state index contributed by atoms with van der Waals surface area (Å²) in [4.78, 5) is 23.3. The van der Waals surface area contributed by atoms with Crippen LogP contribution in [0.25, 0.3) is 0 Å². The molecule has 1 saturated heterocycles. The fourth-order valence-corrected chi connectivity index (χ4v) is 4.26. The number of hydrogen-bond donors (Lipinski definition) is 2. The second kappa shape index (κ2) is 9.18. The first kappa shape index (κ1) is 21.2. The molecular formula is C18H26N2O6S. The van der Waals surface area contributed by atoms with Crippen LogP contribution in [-0.4, -0.2) is 62.2 Å². The van der Waals surface area contributed by atoms with Gasteiger partial charge < -0.3 is 15.2 Å². The Morgan fingerprint density at radius 3 is 2.52 bits per heavy atom. The van der Waals surface area contributed by atoms with Gasteiger partial charge in [-0.1, -0.05) is 6.07 Å². The van der Waals surface area contributed by atoms with Crippen LogP contribution >= 0.6 is 0 Å². The smallest absolute Gasteiger partial charge is 0.335 e. The third-order valence-corrected chi connectivity index (χ3v) is 6.69. The Bertz CT molecular complexity index is 785. The number of carbonyl (C=O) groups is 2. The predicted octanol–water partition coefficient (Wildman–Crippen LogP) is 1.11. The largest absolute Gasteiger partial charge is 0.496 e. The van der Waals surface area contributed by atoms with E-state index in [1.807, 2.05) is 0 Å². The number of carbonyl (C=O) groups excluding carboxylic acids is 1. The van der Waals surface area contributed by atoms with Gasteiger partial charge in [0.15, 0.2) is 0 Å². The number of benzene rings is 1. The summed E-state index contributed by atoms with van der Waals surface area (Å²) in [5.74, 6) is -0.743. The van der Waals surface area contributed by atoms with E-state index >= 15 is 0 Å². The lowest BCUT2D eigenvalue weighted by Gasteiger charge is -2.30. The Kier molecular flexibility index (Phi) is 7.20. The lowest BCUT2D eigenvalue weighted by atomic mass is 9.97. The molecule has 0 aliphatic carbocycles. The number of carboxylic acid groups (broad SMARTS) is 1. The SMILES string of the molecule is CCS(=O)(=O)N1CCC(C(=O)NCCc2ccc(C(=O)O)cc2OC)CC1. The molecule has 8 nitrogen and oxygen atoms in total. The summed E-state index contributed by atoms with van der Waals surface area (Å²) in [7, 11) is -1.72. The Hall–Kier alpha value is -2.13. The zero-order valence-electron chi connectivity index (χ0n) is 15.6. The van der Waals surface area contributed by atoms with E-state index in [4.69, 9.17) is 9.84 Å². The van der Waals surface area contributed by atoms with Crippen LogP contribution in [0.5, 0.6) is 5.75 Å². The van der Waals surface area contributed by atoms with Gasteiger partial charge in [-0.05, 0) is 43.9 Å². The molecule has 27 heavy (non-hydrogen) atoms. The number of rotatable bonds is 8. The average molecular weight is 398 g/mol. The van der Waals surface area contributed by atoms with Crippen molar-refractivity contribution in [3.05, 3.63) is 29.3 Å². The first-order valence-electron chi connectivity index (χ1n) is 8.94. The minimum Gasteiger partial charge on any atom is -0.496 e. The highest BCUT2D eigenvalue weighted by atomic mass is 32.2. The van der Waals surface area contributed by atoms with Gasteiger partial charge in [0.05, 0.1) is 18.4 Å². The summed E-state index contributed by atoms with van der Waals surface area (Å²) in [6.45, 7) is 2.76. The molecule has 0 saturated carbocycles. The average Bonchev–Trinajstić information content (AvgIpc) is 2.67. The standard InChI is InChI=1S/C18H26N2O6S/c1-3-27(24,25)20-10-7-14(8-11-20)17(21)19-9-6-13-4-5-15(18(22)23)12-16(13)26-2/h4-5,12,14H,3,6-11H2,1-2H3,(H,19,21)(H,22,23). The number of methoxy groups -OCH3 is 1. The van der Waals surface area contributed by atoms with Crippen molar-refractivity contribution in [1.29, 1.82) is 0 Å². The van der Waals surface area contributed by atoms with Gasteiger partial charge in [-0.25, -0.2) is 17.5 Å². The Labute approximate surface area is 159 Å². The second-order valence-corrected chi connectivity index (χ2v) is 8.70. The van der Waals surface area contributed by atoms with Crippen LogP contribution in [0.3, 0.4) is 0 Å². The number of piperidine rings is 1. The molecular weight excluding hydrogens is 372 g/mol. The number of hydrogen-bond acceptors (Lipinski definition) is 5. The van der Waals surface area contributed by atoms with Crippen LogP contribution in [0.4, 0.5) is 0 Å². The molecule has 0 unspecified atom stereocenters. The van der Waals surface area contributed by atoms with Crippen molar-refractivity contribution < 1.29 is 27.9 Å².